The topological polar surface area (TPSA) is 107 Å². The SMILES string of the molecule is CCOc1ccc(N(CC(=O)NCCCSCc2ccco2)S(=O)(=O)c2ccc(OC)c(OC)c2)cc1. The van der Waals surface area contributed by atoms with E-state index < -0.39 is 15.9 Å². The lowest BCUT2D eigenvalue weighted by molar-refractivity contribution is -0.119. The predicted octanol–water partition coefficient (Wildman–Crippen LogP) is 4.33. The highest BCUT2D eigenvalue weighted by Crippen LogP contribution is 2.32. The van der Waals surface area contributed by atoms with Crippen molar-refractivity contribution in [3.8, 4) is 17.2 Å². The fourth-order valence-corrected chi connectivity index (χ4v) is 5.75. The minimum Gasteiger partial charge on any atom is -0.494 e. The molecule has 0 aliphatic carbocycles. The Bertz CT molecular complexity index is 1230. The van der Waals surface area contributed by atoms with Crippen molar-refractivity contribution < 1.29 is 31.8 Å². The van der Waals surface area contributed by atoms with E-state index in [9.17, 15) is 13.2 Å². The Hall–Kier alpha value is -3.31. The van der Waals surface area contributed by atoms with Crippen LogP contribution in [0.15, 0.2) is 70.2 Å². The molecule has 0 bridgehead atoms. The number of anilines is 1. The third-order valence-electron chi connectivity index (χ3n) is 5.28. The van der Waals surface area contributed by atoms with Gasteiger partial charge in [0.15, 0.2) is 11.5 Å². The summed E-state index contributed by atoms with van der Waals surface area (Å²) in [6.45, 7) is 2.39. The van der Waals surface area contributed by atoms with Gasteiger partial charge in [-0.05, 0) is 67.6 Å². The smallest absolute Gasteiger partial charge is 0.264 e. The van der Waals surface area contributed by atoms with Crippen molar-refractivity contribution in [2.45, 2.75) is 24.0 Å². The summed E-state index contributed by atoms with van der Waals surface area (Å²) in [6.07, 6.45) is 2.38. The van der Waals surface area contributed by atoms with Gasteiger partial charge in [0.05, 0.1) is 43.4 Å². The molecule has 11 heteroatoms. The van der Waals surface area contributed by atoms with Gasteiger partial charge in [0.1, 0.15) is 18.1 Å². The maximum absolute atomic E-state index is 13.7. The number of furan rings is 1. The van der Waals surface area contributed by atoms with Crippen LogP contribution >= 0.6 is 11.8 Å². The number of ether oxygens (including phenoxy) is 3. The monoisotopic (exact) mass is 548 g/mol. The van der Waals surface area contributed by atoms with Gasteiger partial charge < -0.3 is 23.9 Å². The zero-order valence-corrected chi connectivity index (χ0v) is 22.8. The minimum absolute atomic E-state index is 0.0267. The molecular formula is C26H32N2O7S2. The van der Waals surface area contributed by atoms with Crippen LogP contribution in [0.5, 0.6) is 17.2 Å². The summed E-state index contributed by atoms with van der Waals surface area (Å²) < 4.78 is 49.7. The van der Waals surface area contributed by atoms with Crippen LogP contribution in [-0.2, 0) is 20.6 Å². The van der Waals surface area contributed by atoms with Crippen molar-refractivity contribution in [1.82, 2.24) is 5.32 Å². The van der Waals surface area contributed by atoms with Gasteiger partial charge in [-0.1, -0.05) is 0 Å². The quantitative estimate of drug-likeness (QED) is 0.280. The third-order valence-corrected chi connectivity index (χ3v) is 8.11. The molecule has 1 amide bonds. The fourth-order valence-electron chi connectivity index (χ4n) is 3.45. The number of rotatable bonds is 15. The summed E-state index contributed by atoms with van der Waals surface area (Å²) in [5.74, 6) is 3.35. The van der Waals surface area contributed by atoms with Gasteiger partial charge in [-0.2, -0.15) is 11.8 Å². The summed E-state index contributed by atoms with van der Waals surface area (Å²) in [6, 6.07) is 14.7. The van der Waals surface area contributed by atoms with Crippen molar-refractivity contribution in [3.63, 3.8) is 0 Å². The zero-order chi connectivity index (χ0) is 26.7. The number of methoxy groups -OCH3 is 2. The number of nitrogens with one attached hydrogen (secondary N) is 1. The molecule has 2 aromatic carbocycles. The lowest BCUT2D eigenvalue weighted by atomic mass is 10.3. The number of hydrogen-bond donors (Lipinski definition) is 1. The molecule has 0 spiro atoms. The van der Waals surface area contributed by atoms with Crippen molar-refractivity contribution in [2.24, 2.45) is 0 Å². The number of sulfonamides is 1. The van der Waals surface area contributed by atoms with Crippen LogP contribution in [-0.4, -0.2) is 54.0 Å². The summed E-state index contributed by atoms with van der Waals surface area (Å²) >= 11 is 1.70. The average molecular weight is 549 g/mol. The Kier molecular flexibility index (Phi) is 10.6. The maximum atomic E-state index is 13.7. The maximum Gasteiger partial charge on any atom is 0.264 e. The van der Waals surface area contributed by atoms with Crippen LogP contribution in [0.3, 0.4) is 0 Å². The van der Waals surface area contributed by atoms with Crippen LogP contribution in [0.4, 0.5) is 5.69 Å². The molecular weight excluding hydrogens is 516 g/mol. The Morgan fingerprint density at radius 1 is 1.05 bits per heavy atom. The first-order valence-electron chi connectivity index (χ1n) is 11.7. The predicted molar refractivity (Wildman–Crippen MR) is 144 cm³/mol. The lowest BCUT2D eigenvalue weighted by Crippen LogP contribution is -2.41. The van der Waals surface area contributed by atoms with Gasteiger partial charge in [-0.15, -0.1) is 0 Å². The molecule has 0 aliphatic heterocycles. The molecule has 0 atom stereocenters. The molecule has 0 radical (unpaired) electrons. The molecule has 37 heavy (non-hydrogen) atoms. The van der Waals surface area contributed by atoms with Gasteiger partial charge in [-0.25, -0.2) is 8.42 Å². The van der Waals surface area contributed by atoms with Crippen LogP contribution in [0.25, 0.3) is 0 Å². The number of benzene rings is 2. The first-order valence-corrected chi connectivity index (χ1v) is 14.3. The van der Waals surface area contributed by atoms with Crippen molar-refractivity contribution in [1.29, 1.82) is 0 Å². The van der Waals surface area contributed by atoms with Gasteiger partial charge in [0, 0.05) is 12.6 Å². The number of amides is 1. The van der Waals surface area contributed by atoms with Gasteiger partial charge in [0.2, 0.25) is 5.91 Å². The van der Waals surface area contributed by atoms with E-state index >= 15 is 0 Å². The van der Waals surface area contributed by atoms with Crippen LogP contribution < -0.4 is 23.8 Å². The molecule has 0 unspecified atom stereocenters. The van der Waals surface area contributed by atoms with Crippen LogP contribution in [0, 0.1) is 0 Å². The van der Waals surface area contributed by atoms with E-state index in [0.29, 0.717) is 30.3 Å². The Morgan fingerprint density at radius 3 is 2.46 bits per heavy atom. The molecule has 3 rings (SSSR count). The van der Waals surface area contributed by atoms with E-state index in [1.165, 1.54) is 32.4 Å². The highest BCUT2D eigenvalue weighted by atomic mass is 32.2. The second kappa shape index (κ2) is 13.8. The summed E-state index contributed by atoms with van der Waals surface area (Å²) in [5.41, 5.74) is 0.336. The van der Waals surface area contributed by atoms with E-state index in [1.54, 1.807) is 42.3 Å². The number of carbonyl (C=O) groups is 1. The molecule has 0 fully saturated rings. The highest BCUT2D eigenvalue weighted by molar-refractivity contribution is 7.98. The number of thioether (sulfide) groups is 1. The van der Waals surface area contributed by atoms with Gasteiger partial charge >= 0.3 is 0 Å². The number of nitrogens with zero attached hydrogens (tertiary/aromatic N) is 1. The molecule has 1 N–H and O–H groups in total. The molecule has 1 heterocycles. The lowest BCUT2D eigenvalue weighted by Gasteiger charge is -2.24. The van der Waals surface area contributed by atoms with Crippen molar-refractivity contribution >= 4 is 33.4 Å². The molecule has 200 valence electrons. The fraction of sp³-hybridized carbons (Fsp3) is 0.346. The molecule has 0 aliphatic rings. The highest BCUT2D eigenvalue weighted by Gasteiger charge is 2.28. The van der Waals surface area contributed by atoms with E-state index in [4.69, 9.17) is 18.6 Å². The van der Waals surface area contributed by atoms with E-state index in [0.717, 1.165) is 28.0 Å². The second-order valence-electron chi connectivity index (χ2n) is 7.79. The Morgan fingerprint density at radius 2 is 1.81 bits per heavy atom. The standard InChI is InChI=1S/C26H32N2O7S2/c1-4-34-21-10-8-20(9-11-21)28(37(30,31)23-12-13-24(32-2)25(17-23)33-3)18-26(29)27-14-6-16-36-19-22-7-5-15-35-22/h5,7-13,15,17H,4,6,14,16,18-19H2,1-3H3,(H,27,29). The first-order chi connectivity index (χ1) is 17.9. The van der Waals surface area contributed by atoms with Crippen molar-refractivity contribution in [3.05, 3.63) is 66.6 Å². The molecule has 0 saturated carbocycles. The molecule has 0 saturated heterocycles. The second-order valence-corrected chi connectivity index (χ2v) is 10.8. The van der Waals surface area contributed by atoms with Gasteiger partial charge in [0.25, 0.3) is 10.0 Å². The summed E-state index contributed by atoms with van der Waals surface area (Å²) in [4.78, 5) is 12.8. The Labute approximate surface area is 222 Å². The zero-order valence-electron chi connectivity index (χ0n) is 21.1. The minimum atomic E-state index is -4.11. The number of carbonyl (C=O) groups excluding carboxylic acids is 1. The molecule has 1 aromatic heterocycles. The van der Waals surface area contributed by atoms with E-state index in [1.807, 2.05) is 19.1 Å². The molecule has 9 nitrogen and oxygen atoms in total. The number of hydrogen-bond acceptors (Lipinski definition) is 8. The largest absolute Gasteiger partial charge is 0.494 e. The summed E-state index contributed by atoms with van der Waals surface area (Å²) in [7, 11) is -1.21. The Balaban J connectivity index is 1.72. The van der Waals surface area contributed by atoms with Crippen LogP contribution in [0.1, 0.15) is 19.1 Å². The van der Waals surface area contributed by atoms with Crippen LogP contribution in [0.2, 0.25) is 0 Å². The molecule has 3 aromatic rings. The van der Waals surface area contributed by atoms with E-state index in [-0.39, 0.29) is 17.2 Å². The summed E-state index contributed by atoms with van der Waals surface area (Å²) in [5, 5.41) is 2.82. The van der Waals surface area contributed by atoms with Crippen molar-refractivity contribution in [2.75, 3.05) is 44.0 Å². The average Bonchev–Trinajstić information content (AvgIpc) is 3.43. The third kappa shape index (κ3) is 7.83. The van der Waals surface area contributed by atoms with Gasteiger partial charge in [-0.3, -0.25) is 9.10 Å². The normalized spacial score (nSPS) is 11.1. The first kappa shape index (κ1) is 28.3. The van der Waals surface area contributed by atoms with E-state index in [2.05, 4.69) is 5.32 Å².